The van der Waals surface area contributed by atoms with E-state index in [0.717, 1.165) is 29.3 Å². The third-order valence-corrected chi connectivity index (χ3v) is 4.51. The summed E-state index contributed by atoms with van der Waals surface area (Å²) < 4.78 is 5.79. The van der Waals surface area contributed by atoms with Crippen molar-refractivity contribution in [1.29, 1.82) is 0 Å². The second kappa shape index (κ2) is 7.57. The molecule has 0 aliphatic carbocycles. The van der Waals surface area contributed by atoms with Crippen LogP contribution in [0.4, 0.5) is 0 Å². The highest BCUT2D eigenvalue weighted by molar-refractivity contribution is 7.11. The first-order valence-electron chi connectivity index (χ1n) is 7.62. The summed E-state index contributed by atoms with van der Waals surface area (Å²) in [5.74, 6) is 0.942. The third kappa shape index (κ3) is 3.63. The maximum absolute atomic E-state index is 5.79. The number of thiazole rings is 1. The zero-order chi connectivity index (χ0) is 15.2. The van der Waals surface area contributed by atoms with Gasteiger partial charge in [0.1, 0.15) is 10.8 Å². The molecule has 1 atom stereocenters. The molecule has 0 bridgehead atoms. The smallest absolute Gasteiger partial charge is 0.124 e. The van der Waals surface area contributed by atoms with Crippen molar-refractivity contribution in [2.45, 2.75) is 40.2 Å². The fraction of sp³-hybridized carbons (Fsp3) is 0.471. The second-order valence-electron chi connectivity index (χ2n) is 4.87. The highest BCUT2D eigenvalue weighted by atomic mass is 32.1. The van der Waals surface area contributed by atoms with Crippen molar-refractivity contribution >= 4 is 11.3 Å². The van der Waals surface area contributed by atoms with Crippen LogP contribution in [0.5, 0.6) is 5.75 Å². The molecule has 0 fully saturated rings. The molecular formula is C17H24N2OS. The summed E-state index contributed by atoms with van der Waals surface area (Å²) in [6.07, 6.45) is 0.980. The molecule has 21 heavy (non-hydrogen) atoms. The van der Waals surface area contributed by atoms with Crippen LogP contribution in [-0.4, -0.2) is 18.1 Å². The summed E-state index contributed by atoms with van der Waals surface area (Å²) >= 11 is 1.78. The Morgan fingerprint density at radius 1 is 1.24 bits per heavy atom. The zero-order valence-electron chi connectivity index (χ0n) is 13.3. The van der Waals surface area contributed by atoms with E-state index in [1.54, 1.807) is 11.3 Å². The SMILES string of the molecule is CCNC(c1nc(CC)c(C)s1)c1ccccc1OCC. The van der Waals surface area contributed by atoms with E-state index >= 15 is 0 Å². The van der Waals surface area contributed by atoms with Gasteiger partial charge in [-0.15, -0.1) is 11.3 Å². The van der Waals surface area contributed by atoms with Gasteiger partial charge in [-0.2, -0.15) is 0 Å². The molecular weight excluding hydrogens is 280 g/mol. The molecule has 2 rings (SSSR count). The molecule has 3 nitrogen and oxygen atoms in total. The van der Waals surface area contributed by atoms with Gasteiger partial charge in [-0.1, -0.05) is 32.0 Å². The normalized spacial score (nSPS) is 12.4. The number of benzene rings is 1. The standard InChI is InChI=1S/C17H24N2OS/c1-5-14-12(4)21-17(19-14)16(18-6-2)13-10-8-9-11-15(13)20-7-3/h8-11,16,18H,5-7H2,1-4H3. The number of hydrogen-bond acceptors (Lipinski definition) is 4. The van der Waals surface area contributed by atoms with Crippen molar-refractivity contribution in [3.63, 3.8) is 0 Å². The second-order valence-corrected chi connectivity index (χ2v) is 6.10. The Hall–Kier alpha value is -1.39. The molecule has 0 radical (unpaired) electrons. The first-order chi connectivity index (χ1) is 10.2. The van der Waals surface area contributed by atoms with Crippen LogP contribution in [0.25, 0.3) is 0 Å². The molecule has 2 aromatic rings. The summed E-state index contributed by atoms with van der Waals surface area (Å²) in [7, 11) is 0. The van der Waals surface area contributed by atoms with E-state index in [4.69, 9.17) is 9.72 Å². The average Bonchev–Trinajstić information content (AvgIpc) is 2.87. The number of ether oxygens (including phenoxy) is 1. The van der Waals surface area contributed by atoms with Gasteiger partial charge in [0.05, 0.1) is 18.3 Å². The molecule has 1 aromatic carbocycles. The molecule has 0 saturated carbocycles. The van der Waals surface area contributed by atoms with Crippen LogP contribution in [0, 0.1) is 6.92 Å². The van der Waals surface area contributed by atoms with E-state index in [2.05, 4.69) is 38.2 Å². The summed E-state index contributed by atoms with van der Waals surface area (Å²) in [6.45, 7) is 10.0. The fourth-order valence-corrected chi connectivity index (χ4v) is 3.55. The van der Waals surface area contributed by atoms with E-state index < -0.39 is 0 Å². The zero-order valence-corrected chi connectivity index (χ0v) is 14.1. The van der Waals surface area contributed by atoms with Crippen molar-refractivity contribution in [2.24, 2.45) is 0 Å². The van der Waals surface area contributed by atoms with E-state index in [0.29, 0.717) is 6.61 Å². The molecule has 4 heteroatoms. The van der Waals surface area contributed by atoms with E-state index in [1.165, 1.54) is 10.6 Å². The van der Waals surface area contributed by atoms with Gasteiger partial charge in [-0.25, -0.2) is 4.98 Å². The molecule has 0 amide bonds. The summed E-state index contributed by atoms with van der Waals surface area (Å²) in [5.41, 5.74) is 2.37. The predicted octanol–water partition coefficient (Wildman–Crippen LogP) is 4.11. The number of para-hydroxylation sites is 1. The molecule has 0 spiro atoms. The van der Waals surface area contributed by atoms with Crippen LogP contribution in [0.15, 0.2) is 24.3 Å². The Labute approximate surface area is 131 Å². The molecule has 1 unspecified atom stereocenters. The van der Waals surface area contributed by atoms with Crippen molar-refractivity contribution in [2.75, 3.05) is 13.2 Å². The Kier molecular flexibility index (Phi) is 5.76. The monoisotopic (exact) mass is 304 g/mol. The number of rotatable bonds is 7. The van der Waals surface area contributed by atoms with Gasteiger partial charge in [0.15, 0.2) is 0 Å². The van der Waals surface area contributed by atoms with Crippen molar-refractivity contribution < 1.29 is 4.74 Å². The van der Waals surface area contributed by atoms with Gasteiger partial charge in [-0.05, 0) is 32.9 Å². The van der Waals surface area contributed by atoms with Gasteiger partial charge in [0, 0.05) is 10.4 Å². The van der Waals surface area contributed by atoms with Crippen molar-refractivity contribution in [1.82, 2.24) is 10.3 Å². The predicted molar refractivity (Wildman–Crippen MR) is 89.4 cm³/mol. The topological polar surface area (TPSA) is 34.2 Å². The molecule has 0 aliphatic heterocycles. The Balaban J connectivity index is 2.42. The lowest BCUT2D eigenvalue weighted by atomic mass is 10.1. The third-order valence-electron chi connectivity index (χ3n) is 3.43. The van der Waals surface area contributed by atoms with Gasteiger partial charge in [0.2, 0.25) is 0 Å². The first-order valence-corrected chi connectivity index (χ1v) is 8.44. The Bertz CT molecular complexity index is 580. The van der Waals surface area contributed by atoms with Gasteiger partial charge >= 0.3 is 0 Å². The number of nitrogens with zero attached hydrogens (tertiary/aromatic N) is 1. The van der Waals surface area contributed by atoms with Crippen LogP contribution in [0.1, 0.15) is 48.0 Å². The number of aryl methyl sites for hydroxylation is 2. The molecule has 1 heterocycles. The molecule has 114 valence electrons. The minimum absolute atomic E-state index is 0.0988. The van der Waals surface area contributed by atoms with Gasteiger partial charge < -0.3 is 10.1 Å². The lowest BCUT2D eigenvalue weighted by Crippen LogP contribution is -2.22. The Morgan fingerprint density at radius 2 is 2.00 bits per heavy atom. The quantitative estimate of drug-likeness (QED) is 0.836. The van der Waals surface area contributed by atoms with Gasteiger partial charge in [0.25, 0.3) is 0 Å². The highest BCUT2D eigenvalue weighted by Crippen LogP contribution is 2.33. The number of hydrogen-bond donors (Lipinski definition) is 1. The van der Waals surface area contributed by atoms with E-state index in [1.807, 2.05) is 19.1 Å². The van der Waals surface area contributed by atoms with E-state index in [-0.39, 0.29) is 6.04 Å². The van der Waals surface area contributed by atoms with Gasteiger partial charge in [-0.3, -0.25) is 0 Å². The minimum Gasteiger partial charge on any atom is -0.494 e. The van der Waals surface area contributed by atoms with Crippen LogP contribution in [-0.2, 0) is 6.42 Å². The molecule has 1 aromatic heterocycles. The lowest BCUT2D eigenvalue weighted by molar-refractivity contribution is 0.333. The lowest BCUT2D eigenvalue weighted by Gasteiger charge is -2.19. The van der Waals surface area contributed by atoms with Crippen LogP contribution in [0.3, 0.4) is 0 Å². The van der Waals surface area contributed by atoms with E-state index in [9.17, 15) is 0 Å². The summed E-state index contributed by atoms with van der Waals surface area (Å²) in [6, 6.07) is 8.33. The minimum atomic E-state index is 0.0988. The highest BCUT2D eigenvalue weighted by Gasteiger charge is 2.21. The largest absolute Gasteiger partial charge is 0.494 e. The molecule has 0 aliphatic rings. The van der Waals surface area contributed by atoms with Crippen molar-refractivity contribution in [3.8, 4) is 5.75 Å². The summed E-state index contributed by atoms with van der Waals surface area (Å²) in [5, 5.41) is 4.67. The number of nitrogens with one attached hydrogen (secondary N) is 1. The van der Waals surface area contributed by atoms with Crippen molar-refractivity contribution in [3.05, 3.63) is 45.4 Å². The first kappa shape index (κ1) is 16.0. The fourth-order valence-electron chi connectivity index (χ4n) is 2.44. The number of aromatic nitrogens is 1. The van der Waals surface area contributed by atoms with Crippen LogP contribution in [0.2, 0.25) is 0 Å². The maximum Gasteiger partial charge on any atom is 0.124 e. The average molecular weight is 304 g/mol. The maximum atomic E-state index is 5.79. The molecule has 0 saturated heterocycles. The van der Waals surface area contributed by atoms with Crippen LogP contribution >= 0.6 is 11.3 Å². The molecule has 1 N–H and O–H groups in total. The van der Waals surface area contributed by atoms with Crippen LogP contribution < -0.4 is 10.1 Å². The summed E-state index contributed by atoms with van der Waals surface area (Å²) in [4.78, 5) is 6.13. The Morgan fingerprint density at radius 3 is 2.62 bits per heavy atom.